The maximum atomic E-state index is 6.34. The van der Waals surface area contributed by atoms with Gasteiger partial charge in [0, 0.05) is 16.5 Å². The number of nitrogens with zero attached hydrogens (tertiary/aromatic N) is 3. The van der Waals surface area contributed by atoms with Crippen LogP contribution in [0.2, 0.25) is 10.0 Å². The molecule has 3 heterocycles. The van der Waals surface area contributed by atoms with Crippen molar-refractivity contribution in [3.05, 3.63) is 70.1 Å². The van der Waals surface area contributed by atoms with Crippen LogP contribution in [0, 0.1) is 6.20 Å². The second-order valence-corrected chi connectivity index (χ2v) is 9.26. The molecule has 7 heteroatoms. The molecule has 0 aliphatic carbocycles. The second-order valence-electron chi connectivity index (χ2n) is 7.09. The minimum atomic E-state index is 0.192. The minimum Gasteiger partial charge on any atom is -0.339 e. The second kappa shape index (κ2) is 7.30. The van der Waals surface area contributed by atoms with Crippen LogP contribution in [0.15, 0.2) is 42.5 Å². The molecule has 1 fully saturated rings. The van der Waals surface area contributed by atoms with Crippen LogP contribution in [-0.4, -0.2) is 31.9 Å². The Kier molecular flexibility index (Phi) is 4.79. The molecule has 0 bridgehead atoms. The third kappa shape index (κ3) is 3.20. The van der Waals surface area contributed by atoms with Crippen LogP contribution in [0.5, 0.6) is 0 Å². The molecule has 2 atom stereocenters. The minimum absolute atomic E-state index is 0.192. The van der Waals surface area contributed by atoms with Gasteiger partial charge in [-0.25, -0.2) is 9.99 Å². The van der Waals surface area contributed by atoms with Crippen molar-refractivity contribution in [1.29, 1.82) is 0 Å². The van der Waals surface area contributed by atoms with Gasteiger partial charge in [-0.15, -0.1) is 0 Å². The van der Waals surface area contributed by atoms with E-state index in [1.807, 2.05) is 36.4 Å². The van der Waals surface area contributed by atoms with Gasteiger partial charge < -0.3 is 4.98 Å². The number of benzene rings is 2. The fourth-order valence-electron chi connectivity index (χ4n) is 3.94. The van der Waals surface area contributed by atoms with Crippen LogP contribution in [0.25, 0.3) is 15.9 Å². The van der Waals surface area contributed by atoms with Gasteiger partial charge >= 0.3 is 0 Å². The Labute approximate surface area is 178 Å². The molecule has 1 N–H and O–H groups in total. The average molecular weight is 430 g/mol. The smallest absolute Gasteiger partial charge is 0.126 e. The van der Waals surface area contributed by atoms with E-state index in [4.69, 9.17) is 28.2 Å². The van der Waals surface area contributed by atoms with Crippen LogP contribution < -0.4 is 0 Å². The van der Waals surface area contributed by atoms with Crippen molar-refractivity contribution in [1.82, 2.24) is 20.0 Å². The highest BCUT2D eigenvalue weighted by atomic mass is 35.5. The summed E-state index contributed by atoms with van der Waals surface area (Å²) in [6, 6.07) is 14.0. The van der Waals surface area contributed by atoms with Gasteiger partial charge in [0.2, 0.25) is 0 Å². The van der Waals surface area contributed by atoms with Crippen LogP contribution in [0.1, 0.15) is 37.2 Å². The van der Waals surface area contributed by atoms with Gasteiger partial charge in [-0.1, -0.05) is 53.2 Å². The number of hydrogen-bond acceptors (Lipinski definition) is 4. The first-order valence-electron chi connectivity index (χ1n) is 9.36. The Bertz CT molecular complexity index is 1060. The standard InChI is InChI=1S/C21H19Cl2N4S/c1-13-27(12-19(28-13)14-5-2-6-15(22)11-14)26-10-4-9-18(26)21-24-17-8-3-7-16(23)20(17)25-21/h2-3,5-8,11,13,18H,4,9-10H2,1H3,(H,24,25)/t13?,18-/m0/s1. The molecule has 4 nitrogen and oxygen atoms in total. The molecule has 1 aromatic heterocycles. The summed E-state index contributed by atoms with van der Waals surface area (Å²) in [5.74, 6) is 0.968. The molecule has 0 saturated carbocycles. The van der Waals surface area contributed by atoms with Gasteiger partial charge in [0.05, 0.1) is 33.7 Å². The lowest BCUT2D eigenvalue weighted by atomic mass is 10.2. The topological polar surface area (TPSA) is 35.2 Å². The SMILES string of the molecule is CC1SC(c2cccc(Cl)c2)=[C]N1N1CCC[C@H]1c1nc2cccc(Cl)c2[nH]1. The van der Waals surface area contributed by atoms with E-state index in [1.54, 1.807) is 11.8 Å². The van der Waals surface area contributed by atoms with Gasteiger partial charge in [0.25, 0.3) is 0 Å². The summed E-state index contributed by atoms with van der Waals surface area (Å²) in [5, 5.41) is 6.33. The molecule has 0 amide bonds. The highest BCUT2D eigenvalue weighted by Crippen LogP contribution is 2.44. The third-order valence-corrected chi connectivity index (χ3v) is 6.89. The predicted octanol–water partition coefficient (Wildman–Crippen LogP) is 6.12. The maximum Gasteiger partial charge on any atom is 0.126 e. The quantitative estimate of drug-likeness (QED) is 0.543. The number of halogens is 2. The number of rotatable bonds is 3. The van der Waals surface area contributed by atoms with Gasteiger partial charge in [0.15, 0.2) is 0 Å². The number of hydrazine groups is 1. The van der Waals surface area contributed by atoms with Gasteiger partial charge in [0.1, 0.15) is 5.82 Å². The number of nitrogens with one attached hydrogen (secondary N) is 1. The molecule has 2 aromatic carbocycles. The van der Waals surface area contributed by atoms with Crippen LogP contribution >= 0.6 is 35.0 Å². The molecule has 1 saturated heterocycles. The summed E-state index contributed by atoms with van der Waals surface area (Å²) >= 11 is 14.3. The number of hydrogen-bond donors (Lipinski definition) is 1. The molecule has 143 valence electrons. The zero-order chi connectivity index (χ0) is 19.3. The summed E-state index contributed by atoms with van der Waals surface area (Å²) in [5.41, 5.74) is 2.93. The summed E-state index contributed by atoms with van der Waals surface area (Å²) in [7, 11) is 0. The fourth-order valence-corrected chi connectivity index (χ4v) is 5.37. The maximum absolute atomic E-state index is 6.34. The van der Waals surface area contributed by atoms with Crippen molar-refractivity contribution < 1.29 is 0 Å². The summed E-state index contributed by atoms with van der Waals surface area (Å²) in [6.07, 6.45) is 5.76. The van der Waals surface area contributed by atoms with E-state index in [2.05, 4.69) is 34.2 Å². The predicted molar refractivity (Wildman–Crippen MR) is 117 cm³/mol. The van der Waals surface area contributed by atoms with Gasteiger partial charge in [-0.05, 0) is 49.6 Å². The van der Waals surface area contributed by atoms with E-state index in [0.29, 0.717) is 5.02 Å². The number of aromatic nitrogens is 2. The molecule has 1 unspecified atom stereocenters. The lowest BCUT2D eigenvalue weighted by molar-refractivity contribution is -0.00548. The summed E-state index contributed by atoms with van der Waals surface area (Å²) in [4.78, 5) is 9.40. The largest absolute Gasteiger partial charge is 0.339 e. The van der Waals surface area contributed by atoms with E-state index in [9.17, 15) is 0 Å². The Hall–Kier alpha value is -1.66. The number of H-pyrrole nitrogens is 1. The third-order valence-electron chi connectivity index (χ3n) is 5.24. The molecule has 3 aromatic rings. The molecular weight excluding hydrogens is 411 g/mol. The van der Waals surface area contributed by atoms with E-state index in [-0.39, 0.29) is 11.4 Å². The molecule has 2 aliphatic heterocycles. The summed E-state index contributed by atoms with van der Waals surface area (Å²) < 4.78 is 0. The van der Waals surface area contributed by atoms with E-state index >= 15 is 0 Å². The molecule has 1 radical (unpaired) electrons. The molecule has 5 rings (SSSR count). The van der Waals surface area contributed by atoms with E-state index in [0.717, 1.165) is 51.7 Å². The Morgan fingerprint density at radius 3 is 2.89 bits per heavy atom. The van der Waals surface area contributed by atoms with Crippen LogP contribution in [-0.2, 0) is 0 Å². The molecule has 2 aliphatic rings. The summed E-state index contributed by atoms with van der Waals surface area (Å²) in [6.45, 7) is 3.19. The lowest BCUT2D eigenvalue weighted by Crippen LogP contribution is -2.41. The first-order chi connectivity index (χ1) is 13.6. The average Bonchev–Trinajstić information content (AvgIpc) is 3.39. The highest BCUT2D eigenvalue weighted by Gasteiger charge is 2.37. The Morgan fingerprint density at radius 2 is 2.07 bits per heavy atom. The molecule has 0 spiro atoms. The van der Waals surface area contributed by atoms with E-state index in [1.165, 1.54) is 0 Å². The first-order valence-corrected chi connectivity index (χ1v) is 11.0. The number of imidazole rings is 1. The zero-order valence-corrected chi connectivity index (χ0v) is 17.7. The number of thioether (sulfide) groups is 1. The Morgan fingerprint density at radius 1 is 1.21 bits per heavy atom. The number of aromatic amines is 1. The van der Waals surface area contributed by atoms with Crippen LogP contribution in [0.3, 0.4) is 0 Å². The first kappa shape index (κ1) is 18.4. The fraction of sp³-hybridized carbons (Fsp3) is 0.286. The monoisotopic (exact) mass is 429 g/mol. The van der Waals surface area contributed by atoms with Crippen molar-refractivity contribution >= 4 is 50.9 Å². The van der Waals surface area contributed by atoms with Crippen molar-refractivity contribution in [3.8, 4) is 0 Å². The normalized spacial score (nSPS) is 23.0. The van der Waals surface area contributed by atoms with Crippen molar-refractivity contribution in [2.45, 2.75) is 31.2 Å². The zero-order valence-electron chi connectivity index (χ0n) is 15.3. The van der Waals surface area contributed by atoms with E-state index < -0.39 is 0 Å². The molecular formula is C21H19Cl2N4S. The van der Waals surface area contributed by atoms with Crippen LogP contribution in [0.4, 0.5) is 0 Å². The Balaban J connectivity index is 1.46. The van der Waals surface area contributed by atoms with Crippen molar-refractivity contribution in [2.24, 2.45) is 0 Å². The highest BCUT2D eigenvalue weighted by molar-refractivity contribution is 8.09. The lowest BCUT2D eigenvalue weighted by Gasteiger charge is -2.34. The number of para-hydroxylation sites is 1. The van der Waals surface area contributed by atoms with Crippen molar-refractivity contribution in [3.63, 3.8) is 0 Å². The number of fused-ring (bicyclic) bond motifs is 1. The van der Waals surface area contributed by atoms with Gasteiger partial charge in [-0.2, -0.15) is 0 Å². The molecule has 28 heavy (non-hydrogen) atoms. The van der Waals surface area contributed by atoms with Crippen molar-refractivity contribution in [2.75, 3.05) is 6.54 Å². The van der Waals surface area contributed by atoms with Gasteiger partial charge in [-0.3, -0.25) is 5.01 Å².